The van der Waals surface area contributed by atoms with Crippen LogP contribution in [-0.2, 0) is 0 Å². The minimum absolute atomic E-state index is 0.761. The zero-order chi connectivity index (χ0) is 16.4. The number of hydrogen-bond donors (Lipinski definition) is 1. The van der Waals surface area contributed by atoms with E-state index >= 15 is 0 Å². The third kappa shape index (κ3) is 2.54. The first-order valence-corrected chi connectivity index (χ1v) is 7.67. The van der Waals surface area contributed by atoms with Crippen LogP contribution in [0.1, 0.15) is 5.56 Å². The van der Waals surface area contributed by atoms with Crippen LogP contribution in [0.15, 0.2) is 84.1 Å². The van der Waals surface area contributed by atoms with E-state index in [4.69, 9.17) is 10.3 Å². The Morgan fingerprint density at radius 3 is 2.42 bits per heavy atom. The number of oxime groups is 1. The molecule has 1 N–H and O–H groups in total. The molecule has 4 nitrogen and oxygen atoms in total. The lowest BCUT2D eigenvalue weighted by molar-refractivity contribution is 0.322. The van der Waals surface area contributed by atoms with E-state index in [1.807, 2.05) is 54.7 Å². The zero-order valence-electron chi connectivity index (χ0n) is 12.9. The Balaban J connectivity index is 1.87. The Labute approximate surface area is 139 Å². The highest BCUT2D eigenvalue weighted by Crippen LogP contribution is 2.26. The van der Waals surface area contributed by atoms with Crippen LogP contribution < -0.4 is 0 Å². The maximum Gasteiger partial charge on any atom is 0.102 e. The number of para-hydroxylation sites is 1. The van der Waals surface area contributed by atoms with Gasteiger partial charge in [-0.2, -0.15) is 5.10 Å². The highest BCUT2D eigenvalue weighted by atomic mass is 16.4. The molecular weight excluding hydrogens is 298 g/mol. The van der Waals surface area contributed by atoms with Crippen molar-refractivity contribution in [2.75, 3.05) is 0 Å². The van der Waals surface area contributed by atoms with E-state index in [0.717, 1.165) is 27.9 Å². The summed E-state index contributed by atoms with van der Waals surface area (Å²) in [6, 6.07) is 24.3. The molecule has 4 aromatic rings. The maximum absolute atomic E-state index is 8.98. The lowest BCUT2D eigenvalue weighted by Gasteiger charge is -2.03. The van der Waals surface area contributed by atoms with E-state index in [9.17, 15) is 0 Å². The number of fused-ring (bicyclic) bond motifs is 1. The van der Waals surface area contributed by atoms with Crippen molar-refractivity contribution in [1.29, 1.82) is 0 Å². The Bertz CT molecular complexity index is 1020. The molecule has 0 aliphatic heterocycles. The highest BCUT2D eigenvalue weighted by molar-refractivity contribution is 5.92. The van der Waals surface area contributed by atoms with Crippen molar-refractivity contribution in [3.8, 4) is 16.9 Å². The summed E-state index contributed by atoms with van der Waals surface area (Å²) < 4.78 is 1.79. The van der Waals surface area contributed by atoms with Crippen molar-refractivity contribution in [3.05, 3.63) is 84.6 Å². The lowest BCUT2D eigenvalue weighted by Crippen LogP contribution is -1.94. The van der Waals surface area contributed by atoms with Crippen molar-refractivity contribution < 1.29 is 5.21 Å². The van der Waals surface area contributed by atoms with Gasteiger partial charge in [0.25, 0.3) is 0 Å². The van der Waals surface area contributed by atoms with E-state index < -0.39 is 0 Å². The standard InChI is InChI=1S/C20H15N3O/c24-21-13-18-14-23(19-8-2-1-3-9-19)22-20(18)17-11-10-15-6-4-5-7-16(15)12-17/h1-14,24H. The average molecular weight is 313 g/mol. The number of nitrogens with zero attached hydrogens (tertiary/aromatic N) is 3. The zero-order valence-corrected chi connectivity index (χ0v) is 12.9. The quantitative estimate of drug-likeness (QED) is 0.344. The van der Waals surface area contributed by atoms with Gasteiger partial charge >= 0.3 is 0 Å². The molecule has 3 aromatic carbocycles. The summed E-state index contributed by atoms with van der Waals surface area (Å²) in [4.78, 5) is 0. The molecule has 0 spiro atoms. The first-order chi connectivity index (χ1) is 11.8. The van der Waals surface area contributed by atoms with Crippen molar-refractivity contribution in [2.45, 2.75) is 0 Å². The molecule has 116 valence electrons. The molecule has 1 aromatic heterocycles. The number of rotatable bonds is 3. The SMILES string of the molecule is ON=Cc1cn(-c2ccccc2)nc1-c1ccc2ccccc2c1. The highest BCUT2D eigenvalue weighted by Gasteiger charge is 2.11. The first kappa shape index (κ1) is 14.2. The second-order valence-electron chi connectivity index (χ2n) is 5.52. The second kappa shape index (κ2) is 6.01. The van der Waals surface area contributed by atoms with Gasteiger partial charge < -0.3 is 5.21 Å². The van der Waals surface area contributed by atoms with E-state index in [1.165, 1.54) is 11.6 Å². The third-order valence-corrected chi connectivity index (χ3v) is 3.98. The summed E-state index contributed by atoms with van der Waals surface area (Å²) in [7, 11) is 0. The van der Waals surface area contributed by atoms with Gasteiger partial charge in [-0.05, 0) is 29.0 Å². The van der Waals surface area contributed by atoms with Crippen LogP contribution in [0.25, 0.3) is 27.7 Å². The predicted molar refractivity (Wildman–Crippen MR) is 95.9 cm³/mol. The molecule has 4 rings (SSSR count). The van der Waals surface area contributed by atoms with Crippen molar-refractivity contribution >= 4 is 17.0 Å². The summed E-state index contributed by atoms with van der Waals surface area (Å²) in [6.45, 7) is 0. The van der Waals surface area contributed by atoms with Gasteiger partial charge in [0.15, 0.2) is 0 Å². The van der Waals surface area contributed by atoms with Crippen LogP contribution >= 0.6 is 0 Å². The van der Waals surface area contributed by atoms with Crippen molar-refractivity contribution in [3.63, 3.8) is 0 Å². The molecule has 4 heteroatoms. The van der Waals surface area contributed by atoms with Crippen LogP contribution in [0.3, 0.4) is 0 Å². The van der Waals surface area contributed by atoms with Crippen molar-refractivity contribution in [1.82, 2.24) is 9.78 Å². The molecule has 0 atom stereocenters. The summed E-state index contributed by atoms with van der Waals surface area (Å²) in [5.74, 6) is 0. The maximum atomic E-state index is 8.98. The van der Waals surface area contributed by atoms with Crippen LogP contribution in [0, 0.1) is 0 Å². The molecule has 0 radical (unpaired) electrons. The molecule has 0 aliphatic carbocycles. The fourth-order valence-electron chi connectivity index (χ4n) is 2.82. The van der Waals surface area contributed by atoms with Gasteiger partial charge in [-0.15, -0.1) is 0 Å². The molecule has 24 heavy (non-hydrogen) atoms. The fraction of sp³-hybridized carbons (Fsp3) is 0. The monoisotopic (exact) mass is 313 g/mol. The van der Waals surface area contributed by atoms with Gasteiger partial charge in [0, 0.05) is 17.3 Å². The van der Waals surface area contributed by atoms with Gasteiger partial charge in [0.2, 0.25) is 0 Å². The Kier molecular flexibility index (Phi) is 3.56. The molecule has 0 bridgehead atoms. The first-order valence-electron chi connectivity index (χ1n) is 7.67. The van der Waals surface area contributed by atoms with E-state index in [-0.39, 0.29) is 0 Å². The normalized spacial score (nSPS) is 11.3. The smallest absolute Gasteiger partial charge is 0.102 e. The third-order valence-electron chi connectivity index (χ3n) is 3.98. The molecule has 0 amide bonds. The van der Waals surface area contributed by atoms with E-state index in [1.54, 1.807) is 4.68 Å². The van der Waals surface area contributed by atoms with Gasteiger partial charge in [0.1, 0.15) is 5.69 Å². The van der Waals surface area contributed by atoms with Crippen LogP contribution in [0.4, 0.5) is 0 Å². The molecule has 1 heterocycles. The number of hydrogen-bond acceptors (Lipinski definition) is 3. The largest absolute Gasteiger partial charge is 0.411 e. The molecule has 0 fully saturated rings. The number of benzene rings is 3. The number of aromatic nitrogens is 2. The summed E-state index contributed by atoms with van der Waals surface area (Å²) in [5, 5.41) is 19.2. The molecule has 0 saturated carbocycles. The Morgan fingerprint density at radius 2 is 1.62 bits per heavy atom. The van der Waals surface area contributed by atoms with Crippen LogP contribution in [-0.4, -0.2) is 21.2 Å². The van der Waals surface area contributed by atoms with Gasteiger partial charge in [0.05, 0.1) is 11.9 Å². The van der Waals surface area contributed by atoms with Crippen LogP contribution in [0.5, 0.6) is 0 Å². The topological polar surface area (TPSA) is 50.4 Å². The predicted octanol–water partition coefficient (Wildman–Crippen LogP) is 4.50. The Morgan fingerprint density at radius 1 is 0.875 bits per heavy atom. The summed E-state index contributed by atoms with van der Waals surface area (Å²) in [6.07, 6.45) is 3.27. The minimum atomic E-state index is 0.761. The second-order valence-corrected chi connectivity index (χ2v) is 5.52. The lowest BCUT2D eigenvalue weighted by atomic mass is 10.0. The van der Waals surface area contributed by atoms with Gasteiger partial charge in [-0.25, -0.2) is 4.68 Å². The summed E-state index contributed by atoms with van der Waals surface area (Å²) >= 11 is 0. The minimum Gasteiger partial charge on any atom is -0.411 e. The summed E-state index contributed by atoms with van der Waals surface area (Å²) in [5.41, 5.74) is 3.48. The average Bonchev–Trinajstić information content (AvgIpc) is 3.06. The van der Waals surface area contributed by atoms with E-state index in [0.29, 0.717) is 0 Å². The van der Waals surface area contributed by atoms with Crippen LogP contribution in [0.2, 0.25) is 0 Å². The molecule has 0 unspecified atom stereocenters. The Hall–Kier alpha value is -3.40. The molecule has 0 saturated heterocycles. The molecular formula is C20H15N3O. The van der Waals surface area contributed by atoms with Gasteiger partial charge in [-0.1, -0.05) is 59.8 Å². The fourth-order valence-corrected chi connectivity index (χ4v) is 2.82. The van der Waals surface area contributed by atoms with E-state index in [2.05, 4.69) is 29.4 Å². The van der Waals surface area contributed by atoms with Gasteiger partial charge in [-0.3, -0.25) is 0 Å². The molecule has 0 aliphatic rings. The van der Waals surface area contributed by atoms with Crippen molar-refractivity contribution in [2.24, 2.45) is 5.16 Å².